The van der Waals surface area contributed by atoms with Crippen LogP contribution in [0.2, 0.25) is 5.02 Å². The highest BCUT2D eigenvalue weighted by Gasteiger charge is 2.42. The lowest BCUT2D eigenvalue weighted by Crippen LogP contribution is -2.45. The maximum Gasteiger partial charge on any atom is 0.265 e. The molecule has 2 aromatic heterocycles. The summed E-state index contributed by atoms with van der Waals surface area (Å²) in [4.78, 5) is 10.1. The van der Waals surface area contributed by atoms with Crippen LogP contribution < -0.4 is 0 Å². The summed E-state index contributed by atoms with van der Waals surface area (Å²) in [7, 11) is 0. The number of aryl methyl sites for hydroxylation is 2. The van der Waals surface area contributed by atoms with Gasteiger partial charge < -0.3 is 4.90 Å². The Bertz CT molecular complexity index is 1080. The quantitative estimate of drug-likeness (QED) is 0.614. The van der Waals surface area contributed by atoms with Crippen LogP contribution in [-0.4, -0.2) is 43.5 Å². The van der Waals surface area contributed by atoms with Crippen LogP contribution in [-0.2, 0) is 0 Å². The predicted octanol–water partition coefficient (Wildman–Crippen LogP) is 4.80. The number of hydrogen-bond donors (Lipinski definition) is 0. The fourth-order valence-electron chi connectivity index (χ4n) is 3.92. The smallest absolute Gasteiger partial charge is 0.265 e. The van der Waals surface area contributed by atoms with Crippen LogP contribution in [0.1, 0.15) is 40.4 Å². The van der Waals surface area contributed by atoms with E-state index in [1.165, 1.54) is 6.33 Å². The summed E-state index contributed by atoms with van der Waals surface area (Å²) in [6, 6.07) is 5.54. The first kappa shape index (κ1) is 19.8. The second kappa shape index (κ2) is 7.06. The molecular formula is C21H22ClF2N5. The minimum absolute atomic E-state index is 0.261. The van der Waals surface area contributed by atoms with Gasteiger partial charge >= 0.3 is 0 Å². The van der Waals surface area contributed by atoms with E-state index in [1.54, 1.807) is 15.5 Å². The van der Waals surface area contributed by atoms with Crippen LogP contribution >= 0.6 is 11.6 Å². The fourth-order valence-corrected chi connectivity index (χ4v) is 4.18. The molecule has 0 bridgehead atoms. The number of fused-ring (bicyclic) bond motifs is 1. The molecule has 4 rings (SSSR count). The molecule has 1 atom stereocenters. The van der Waals surface area contributed by atoms with Crippen molar-refractivity contribution in [1.82, 2.24) is 24.5 Å². The zero-order valence-electron chi connectivity index (χ0n) is 16.6. The Balaban J connectivity index is 1.71. The van der Waals surface area contributed by atoms with Gasteiger partial charge in [-0.1, -0.05) is 18.2 Å². The van der Waals surface area contributed by atoms with Gasteiger partial charge in [0.2, 0.25) is 0 Å². The maximum absolute atomic E-state index is 14.7. The maximum atomic E-state index is 14.7. The summed E-state index contributed by atoms with van der Waals surface area (Å²) in [5, 5.41) is 4.79. The third-order valence-corrected chi connectivity index (χ3v) is 5.95. The van der Waals surface area contributed by atoms with Crippen LogP contribution in [0.3, 0.4) is 0 Å². The van der Waals surface area contributed by atoms with Crippen LogP contribution in [0.4, 0.5) is 8.78 Å². The topological polar surface area (TPSA) is 46.3 Å². The molecule has 3 aromatic rings. The second-order valence-electron chi connectivity index (χ2n) is 7.78. The third-order valence-electron chi connectivity index (χ3n) is 5.55. The normalized spacial score (nSPS) is 19.0. The van der Waals surface area contributed by atoms with E-state index >= 15 is 0 Å². The van der Waals surface area contributed by atoms with Crippen LogP contribution in [0.25, 0.3) is 11.5 Å². The van der Waals surface area contributed by atoms with E-state index in [9.17, 15) is 8.78 Å². The zero-order chi connectivity index (χ0) is 20.9. The molecule has 1 saturated heterocycles. The Morgan fingerprint density at radius 2 is 2.00 bits per heavy atom. The predicted molar refractivity (Wildman–Crippen MR) is 109 cm³/mol. The molecule has 0 spiro atoms. The van der Waals surface area contributed by atoms with Crippen LogP contribution in [0.5, 0.6) is 0 Å². The number of likely N-dealkylation sites (tertiary alicyclic amines) is 1. The molecule has 0 N–H and O–H groups in total. The Kier molecular flexibility index (Phi) is 4.81. The van der Waals surface area contributed by atoms with Gasteiger partial charge in [0.05, 0.1) is 12.2 Å². The average Bonchev–Trinajstić information content (AvgIpc) is 3.11. The highest BCUT2D eigenvalue weighted by Crippen LogP contribution is 2.39. The molecule has 0 radical (unpaired) electrons. The Morgan fingerprint density at radius 3 is 2.72 bits per heavy atom. The minimum Gasteiger partial charge on any atom is -0.365 e. The van der Waals surface area contributed by atoms with E-state index in [1.807, 2.05) is 32.9 Å². The number of halogens is 3. The summed E-state index contributed by atoms with van der Waals surface area (Å²) in [6.45, 7) is 9.85. The SMILES string of the molecule is C=C(c1cc(C)c(C)c(Cl)c1)N1C[C@@H](c2cc(C)nc3ncnn23)CC(F)(F)C1. The monoisotopic (exact) mass is 417 g/mol. The number of benzene rings is 1. The van der Waals surface area contributed by atoms with Crippen LogP contribution in [0, 0.1) is 20.8 Å². The van der Waals surface area contributed by atoms with Gasteiger partial charge in [0.25, 0.3) is 11.7 Å². The summed E-state index contributed by atoms with van der Waals surface area (Å²) in [5.74, 6) is -2.89. The van der Waals surface area contributed by atoms with Crippen molar-refractivity contribution in [3.63, 3.8) is 0 Å². The van der Waals surface area contributed by atoms with Gasteiger partial charge in [-0.25, -0.2) is 18.3 Å². The van der Waals surface area contributed by atoms with Gasteiger partial charge in [-0.05, 0) is 55.7 Å². The molecule has 0 amide bonds. The first-order valence-corrected chi connectivity index (χ1v) is 9.78. The number of rotatable bonds is 3. The highest BCUT2D eigenvalue weighted by atomic mass is 35.5. The third kappa shape index (κ3) is 3.71. The number of hydrogen-bond acceptors (Lipinski definition) is 4. The van der Waals surface area contributed by atoms with E-state index in [0.29, 0.717) is 28.7 Å². The van der Waals surface area contributed by atoms with E-state index in [4.69, 9.17) is 11.6 Å². The lowest BCUT2D eigenvalue weighted by Gasteiger charge is -2.40. The van der Waals surface area contributed by atoms with E-state index in [2.05, 4.69) is 21.6 Å². The molecule has 0 aliphatic carbocycles. The zero-order valence-corrected chi connectivity index (χ0v) is 17.3. The molecule has 1 aliphatic rings. The molecule has 1 aromatic carbocycles. The van der Waals surface area contributed by atoms with Crippen molar-refractivity contribution in [2.45, 2.75) is 39.0 Å². The molecule has 0 unspecified atom stereocenters. The lowest BCUT2D eigenvalue weighted by molar-refractivity contribution is -0.0575. The highest BCUT2D eigenvalue weighted by molar-refractivity contribution is 6.31. The fraction of sp³-hybridized carbons (Fsp3) is 0.381. The largest absolute Gasteiger partial charge is 0.365 e. The van der Waals surface area contributed by atoms with Crippen molar-refractivity contribution in [1.29, 1.82) is 0 Å². The van der Waals surface area contributed by atoms with Crippen molar-refractivity contribution >= 4 is 23.1 Å². The van der Waals surface area contributed by atoms with Crippen LogP contribution in [0.15, 0.2) is 31.1 Å². The molecule has 29 heavy (non-hydrogen) atoms. The average molecular weight is 418 g/mol. The Hall–Kier alpha value is -2.54. The molecule has 5 nitrogen and oxygen atoms in total. The van der Waals surface area contributed by atoms with Gasteiger partial charge in [-0.15, -0.1) is 0 Å². The number of piperidine rings is 1. The number of nitrogens with zero attached hydrogens (tertiary/aromatic N) is 5. The van der Waals surface area contributed by atoms with E-state index in [0.717, 1.165) is 22.4 Å². The standard InChI is InChI=1S/C21H22ClF2N5/c1-12-5-16(7-18(22)14(12)3)15(4)28-9-17(8-21(23,24)10-28)19-6-13(2)27-20-25-11-26-29(19)20/h5-7,11,17H,4,8-10H2,1-3H3/t17-/m0/s1. The number of aromatic nitrogens is 4. The van der Waals surface area contributed by atoms with Crippen molar-refractivity contribution in [3.8, 4) is 0 Å². The van der Waals surface area contributed by atoms with Crippen molar-refractivity contribution < 1.29 is 8.78 Å². The molecule has 8 heteroatoms. The van der Waals surface area contributed by atoms with Gasteiger partial charge in [0.1, 0.15) is 6.33 Å². The summed E-state index contributed by atoms with van der Waals surface area (Å²) < 4.78 is 31.0. The molecule has 152 valence electrons. The van der Waals surface area contributed by atoms with Crippen molar-refractivity contribution in [2.24, 2.45) is 0 Å². The first-order valence-electron chi connectivity index (χ1n) is 9.41. The minimum atomic E-state index is -2.86. The lowest BCUT2D eigenvalue weighted by atomic mass is 9.90. The van der Waals surface area contributed by atoms with Gasteiger partial charge in [0, 0.05) is 35.3 Å². The van der Waals surface area contributed by atoms with Crippen molar-refractivity contribution in [2.75, 3.05) is 13.1 Å². The summed E-state index contributed by atoms with van der Waals surface area (Å²) in [5.41, 5.74) is 4.68. The number of alkyl halides is 2. The molecule has 1 aliphatic heterocycles. The Labute approximate surface area is 173 Å². The Morgan fingerprint density at radius 1 is 1.24 bits per heavy atom. The van der Waals surface area contributed by atoms with Gasteiger partial charge in [-0.2, -0.15) is 10.1 Å². The van der Waals surface area contributed by atoms with Crippen molar-refractivity contribution in [3.05, 3.63) is 64.2 Å². The molecule has 0 saturated carbocycles. The molecule has 1 fully saturated rings. The van der Waals surface area contributed by atoms with Gasteiger partial charge in [0.15, 0.2) is 0 Å². The van der Waals surface area contributed by atoms with Gasteiger partial charge in [-0.3, -0.25) is 0 Å². The summed E-state index contributed by atoms with van der Waals surface area (Å²) in [6.07, 6.45) is 1.13. The van der Waals surface area contributed by atoms with E-state index in [-0.39, 0.29) is 13.0 Å². The second-order valence-corrected chi connectivity index (χ2v) is 8.19. The molecule has 3 heterocycles. The molecular weight excluding hydrogens is 396 g/mol. The van der Waals surface area contributed by atoms with E-state index < -0.39 is 11.8 Å². The summed E-state index contributed by atoms with van der Waals surface area (Å²) >= 11 is 6.32. The first-order chi connectivity index (χ1) is 13.6.